The van der Waals surface area contributed by atoms with E-state index in [0.717, 1.165) is 9.75 Å². The predicted molar refractivity (Wildman–Crippen MR) is 105 cm³/mol. The average Bonchev–Trinajstić information content (AvgIpc) is 3.07. The molecule has 136 valence electrons. The third kappa shape index (κ3) is 4.65. The molecule has 0 aliphatic rings. The maximum absolute atomic E-state index is 13.8. The normalized spacial score (nSPS) is 10.7. The smallest absolute Gasteiger partial charge is 0.273 e. The fourth-order valence-electron chi connectivity index (χ4n) is 2.36. The van der Waals surface area contributed by atoms with Crippen molar-refractivity contribution in [2.45, 2.75) is 6.92 Å². The van der Waals surface area contributed by atoms with Gasteiger partial charge in [0.15, 0.2) is 0 Å². The van der Waals surface area contributed by atoms with Gasteiger partial charge in [-0.25, -0.2) is 9.82 Å². The van der Waals surface area contributed by atoms with Crippen LogP contribution in [0.5, 0.6) is 0 Å². The number of rotatable bonds is 5. The molecule has 0 radical (unpaired) electrons. The molecule has 0 bridgehead atoms. The second kappa shape index (κ2) is 8.37. The molecule has 1 aromatic heterocycles. The van der Waals surface area contributed by atoms with Crippen LogP contribution in [0.1, 0.15) is 30.5 Å². The second-order valence-electron chi connectivity index (χ2n) is 5.63. The summed E-state index contributed by atoms with van der Waals surface area (Å²) in [6, 6.07) is 16.0. The summed E-state index contributed by atoms with van der Waals surface area (Å²) in [5.41, 5.74) is 2.83. The number of aryl methyl sites for hydroxylation is 1. The molecule has 0 atom stereocenters. The molecule has 0 saturated carbocycles. The molecule has 1 heterocycles. The molecule has 3 aromatic rings. The first-order chi connectivity index (χ1) is 13.0. The van der Waals surface area contributed by atoms with Gasteiger partial charge in [0, 0.05) is 9.75 Å². The van der Waals surface area contributed by atoms with Crippen LogP contribution in [0.2, 0.25) is 0 Å². The van der Waals surface area contributed by atoms with Crippen molar-refractivity contribution < 1.29 is 14.0 Å². The summed E-state index contributed by atoms with van der Waals surface area (Å²) in [4.78, 5) is 26.8. The first kappa shape index (κ1) is 18.5. The number of para-hydroxylation sites is 1. The van der Waals surface area contributed by atoms with Crippen molar-refractivity contribution in [2.75, 3.05) is 5.32 Å². The van der Waals surface area contributed by atoms with Crippen LogP contribution in [-0.2, 0) is 0 Å². The van der Waals surface area contributed by atoms with E-state index < -0.39 is 17.6 Å². The van der Waals surface area contributed by atoms with Gasteiger partial charge in [0.25, 0.3) is 11.8 Å². The number of halogens is 1. The Morgan fingerprint density at radius 1 is 0.963 bits per heavy atom. The Labute approximate surface area is 159 Å². The molecule has 2 amide bonds. The fraction of sp³-hybridized carbons (Fsp3) is 0.0500. The van der Waals surface area contributed by atoms with Crippen LogP contribution in [0.15, 0.2) is 65.8 Å². The number of carbonyl (C=O) groups excluding carboxylic acids is 2. The van der Waals surface area contributed by atoms with Crippen LogP contribution >= 0.6 is 11.3 Å². The number of nitrogens with one attached hydrogen (secondary N) is 2. The van der Waals surface area contributed by atoms with Gasteiger partial charge in [0.05, 0.1) is 23.0 Å². The Morgan fingerprint density at radius 3 is 2.37 bits per heavy atom. The van der Waals surface area contributed by atoms with Crippen molar-refractivity contribution in [3.8, 4) is 0 Å². The number of carbonyl (C=O) groups is 2. The van der Waals surface area contributed by atoms with E-state index in [1.165, 1.54) is 18.2 Å². The van der Waals surface area contributed by atoms with E-state index in [-0.39, 0.29) is 16.8 Å². The number of hydrazone groups is 1. The minimum absolute atomic E-state index is 0.0983. The zero-order valence-electron chi connectivity index (χ0n) is 14.4. The minimum Gasteiger partial charge on any atom is -0.321 e. The average molecular weight is 381 g/mol. The molecule has 7 heteroatoms. The summed E-state index contributed by atoms with van der Waals surface area (Å²) in [6.07, 6.45) is 1.55. The van der Waals surface area contributed by atoms with Gasteiger partial charge in [0.2, 0.25) is 0 Å². The lowest BCUT2D eigenvalue weighted by atomic mass is 10.1. The lowest BCUT2D eigenvalue weighted by Gasteiger charge is -2.10. The molecule has 0 aliphatic heterocycles. The zero-order valence-corrected chi connectivity index (χ0v) is 15.2. The van der Waals surface area contributed by atoms with E-state index in [0.29, 0.717) is 0 Å². The maximum Gasteiger partial charge on any atom is 0.273 e. The van der Waals surface area contributed by atoms with Crippen LogP contribution in [0, 0.1) is 12.7 Å². The first-order valence-corrected chi connectivity index (χ1v) is 8.91. The number of hydrogen-bond acceptors (Lipinski definition) is 4. The van der Waals surface area contributed by atoms with E-state index in [4.69, 9.17) is 0 Å². The van der Waals surface area contributed by atoms with Crippen LogP contribution in [0.3, 0.4) is 0 Å². The molecule has 5 nitrogen and oxygen atoms in total. The fourth-order valence-corrected chi connectivity index (χ4v) is 3.11. The number of hydrogen-bond donors (Lipinski definition) is 2. The lowest BCUT2D eigenvalue weighted by molar-refractivity contribution is 0.0956. The number of nitrogens with zero attached hydrogens (tertiary/aromatic N) is 1. The largest absolute Gasteiger partial charge is 0.321 e. The van der Waals surface area contributed by atoms with Gasteiger partial charge in [-0.3, -0.25) is 9.59 Å². The highest BCUT2D eigenvalue weighted by Gasteiger charge is 2.15. The minimum atomic E-state index is -0.633. The van der Waals surface area contributed by atoms with Gasteiger partial charge in [0.1, 0.15) is 5.82 Å². The number of benzene rings is 2. The topological polar surface area (TPSA) is 70.6 Å². The molecule has 0 saturated heterocycles. The molecule has 0 spiro atoms. The monoisotopic (exact) mass is 381 g/mol. The van der Waals surface area contributed by atoms with Gasteiger partial charge in [-0.05, 0) is 43.3 Å². The molecule has 2 N–H and O–H groups in total. The highest BCUT2D eigenvalue weighted by molar-refractivity contribution is 7.13. The van der Waals surface area contributed by atoms with Gasteiger partial charge in [-0.15, -0.1) is 11.3 Å². The summed E-state index contributed by atoms with van der Waals surface area (Å²) in [7, 11) is 0. The molecule has 0 aliphatic carbocycles. The van der Waals surface area contributed by atoms with Crippen LogP contribution in [0.25, 0.3) is 0 Å². The Bertz CT molecular complexity index is 1010. The van der Waals surface area contributed by atoms with Crippen molar-refractivity contribution >= 4 is 35.1 Å². The Hall–Kier alpha value is -3.32. The molecule has 3 rings (SSSR count). The van der Waals surface area contributed by atoms with Gasteiger partial charge in [-0.1, -0.05) is 24.3 Å². The highest BCUT2D eigenvalue weighted by atomic mass is 32.1. The second-order valence-corrected chi connectivity index (χ2v) is 6.95. The maximum atomic E-state index is 13.8. The summed E-state index contributed by atoms with van der Waals surface area (Å²) < 4.78 is 13.8. The Balaban J connectivity index is 1.73. The Kier molecular flexibility index (Phi) is 5.73. The van der Waals surface area contributed by atoms with Crippen molar-refractivity contribution in [1.82, 2.24) is 5.43 Å². The summed E-state index contributed by atoms with van der Waals surface area (Å²) in [5.74, 6) is -1.75. The molecule has 0 fully saturated rings. The van der Waals surface area contributed by atoms with Crippen molar-refractivity contribution in [3.63, 3.8) is 0 Å². The first-order valence-electron chi connectivity index (χ1n) is 8.09. The van der Waals surface area contributed by atoms with E-state index in [1.807, 2.05) is 19.1 Å². The quantitative estimate of drug-likeness (QED) is 0.513. The van der Waals surface area contributed by atoms with Crippen molar-refractivity contribution in [1.29, 1.82) is 0 Å². The standard InChI is InChI=1S/C20H16FN3O2S/c1-13-10-11-14(27-13)12-22-24-20(26)16-7-3-5-9-18(16)23-19(25)15-6-2-4-8-17(15)21/h2-12H,1H3,(H,23,25)(H,24,26)/b22-12+. The third-order valence-electron chi connectivity index (χ3n) is 3.66. The number of anilines is 1. The molecule has 2 aromatic carbocycles. The Morgan fingerprint density at radius 2 is 1.67 bits per heavy atom. The van der Waals surface area contributed by atoms with Crippen molar-refractivity contribution in [2.24, 2.45) is 5.10 Å². The predicted octanol–water partition coefficient (Wildman–Crippen LogP) is 4.21. The van der Waals surface area contributed by atoms with Crippen LogP contribution < -0.4 is 10.7 Å². The summed E-state index contributed by atoms with van der Waals surface area (Å²) in [6.45, 7) is 1.98. The van der Waals surface area contributed by atoms with Gasteiger partial charge >= 0.3 is 0 Å². The van der Waals surface area contributed by atoms with E-state index >= 15 is 0 Å². The van der Waals surface area contributed by atoms with Crippen LogP contribution in [-0.4, -0.2) is 18.0 Å². The van der Waals surface area contributed by atoms with E-state index in [2.05, 4.69) is 15.8 Å². The SMILES string of the molecule is Cc1ccc(/C=N/NC(=O)c2ccccc2NC(=O)c2ccccc2F)s1. The van der Waals surface area contributed by atoms with E-state index in [9.17, 15) is 14.0 Å². The molecular formula is C20H16FN3O2S. The summed E-state index contributed by atoms with van der Waals surface area (Å²) >= 11 is 1.55. The lowest BCUT2D eigenvalue weighted by Crippen LogP contribution is -2.21. The van der Waals surface area contributed by atoms with E-state index in [1.54, 1.807) is 47.9 Å². The number of thiophene rings is 1. The van der Waals surface area contributed by atoms with Crippen molar-refractivity contribution in [3.05, 3.63) is 87.4 Å². The summed E-state index contributed by atoms with van der Waals surface area (Å²) in [5, 5.41) is 6.51. The number of amides is 2. The molecular weight excluding hydrogens is 365 g/mol. The van der Waals surface area contributed by atoms with Crippen LogP contribution in [0.4, 0.5) is 10.1 Å². The zero-order chi connectivity index (χ0) is 19.2. The van der Waals surface area contributed by atoms with Gasteiger partial charge < -0.3 is 5.32 Å². The highest BCUT2D eigenvalue weighted by Crippen LogP contribution is 2.17. The van der Waals surface area contributed by atoms with Gasteiger partial charge in [-0.2, -0.15) is 5.10 Å². The molecule has 27 heavy (non-hydrogen) atoms. The molecule has 0 unspecified atom stereocenters. The third-order valence-corrected chi connectivity index (χ3v) is 4.59.